The van der Waals surface area contributed by atoms with Gasteiger partial charge in [-0.25, -0.2) is 0 Å². The van der Waals surface area contributed by atoms with E-state index < -0.39 is 0 Å². The molecule has 0 spiro atoms. The molecule has 0 aliphatic carbocycles. The molecule has 13 heavy (non-hydrogen) atoms. The van der Waals surface area contributed by atoms with E-state index in [4.69, 9.17) is 10.8 Å². The lowest BCUT2D eigenvalue weighted by atomic mass is 9.97. The van der Waals surface area contributed by atoms with Gasteiger partial charge in [-0.15, -0.1) is 0 Å². The molecule has 0 fully saturated rings. The summed E-state index contributed by atoms with van der Waals surface area (Å²) in [4.78, 5) is 0. The van der Waals surface area contributed by atoms with Crippen molar-refractivity contribution in [2.24, 2.45) is 11.7 Å². The SMILES string of the molecule is NCC(CCO)Cc1ccccc1. The van der Waals surface area contributed by atoms with Gasteiger partial charge in [-0.05, 0) is 30.9 Å². The van der Waals surface area contributed by atoms with Crippen LogP contribution in [0, 0.1) is 5.92 Å². The predicted molar refractivity (Wildman–Crippen MR) is 54.4 cm³/mol. The van der Waals surface area contributed by atoms with Crippen molar-refractivity contribution >= 4 is 0 Å². The number of nitrogens with two attached hydrogens (primary N) is 1. The van der Waals surface area contributed by atoms with Crippen LogP contribution in [0.5, 0.6) is 0 Å². The van der Waals surface area contributed by atoms with E-state index in [-0.39, 0.29) is 6.61 Å². The first-order valence-corrected chi connectivity index (χ1v) is 4.71. The van der Waals surface area contributed by atoms with Gasteiger partial charge in [-0.2, -0.15) is 0 Å². The zero-order valence-electron chi connectivity index (χ0n) is 7.82. The molecule has 1 rings (SSSR count). The molecule has 2 nitrogen and oxygen atoms in total. The fourth-order valence-electron chi connectivity index (χ4n) is 1.43. The van der Waals surface area contributed by atoms with Crippen LogP contribution in [0.1, 0.15) is 12.0 Å². The second-order valence-corrected chi connectivity index (χ2v) is 3.30. The third-order valence-electron chi connectivity index (χ3n) is 2.24. The van der Waals surface area contributed by atoms with Crippen LogP contribution in [0.2, 0.25) is 0 Å². The van der Waals surface area contributed by atoms with Gasteiger partial charge >= 0.3 is 0 Å². The second-order valence-electron chi connectivity index (χ2n) is 3.30. The maximum absolute atomic E-state index is 8.79. The van der Waals surface area contributed by atoms with Crippen LogP contribution in [0.3, 0.4) is 0 Å². The molecule has 0 amide bonds. The van der Waals surface area contributed by atoms with Crippen molar-refractivity contribution in [3.8, 4) is 0 Å². The zero-order valence-corrected chi connectivity index (χ0v) is 7.82. The molecule has 0 radical (unpaired) electrons. The van der Waals surface area contributed by atoms with E-state index in [2.05, 4.69) is 12.1 Å². The van der Waals surface area contributed by atoms with E-state index in [1.807, 2.05) is 18.2 Å². The summed E-state index contributed by atoms with van der Waals surface area (Å²) in [6.45, 7) is 0.879. The molecule has 72 valence electrons. The Hall–Kier alpha value is -0.860. The third-order valence-corrected chi connectivity index (χ3v) is 2.24. The van der Waals surface area contributed by atoms with Gasteiger partial charge in [0.15, 0.2) is 0 Å². The highest BCUT2D eigenvalue weighted by molar-refractivity contribution is 5.15. The predicted octanol–water partition coefficient (Wildman–Crippen LogP) is 1.19. The van der Waals surface area contributed by atoms with Gasteiger partial charge < -0.3 is 10.8 Å². The maximum atomic E-state index is 8.79. The summed E-state index contributed by atoms with van der Waals surface area (Å²) in [6.07, 6.45) is 1.77. The zero-order chi connectivity index (χ0) is 9.52. The standard InChI is InChI=1S/C11H17NO/c12-9-11(6-7-13)8-10-4-2-1-3-5-10/h1-5,11,13H,6-9,12H2. The van der Waals surface area contributed by atoms with E-state index >= 15 is 0 Å². The summed E-state index contributed by atoms with van der Waals surface area (Å²) in [5, 5.41) is 8.79. The van der Waals surface area contributed by atoms with Gasteiger partial charge in [0.05, 0.1) is 0 Å². The molecular weight excluding hydrogens is 162 g/mol. The molecule has 0 saturated heterocycles. The molecule has 1 unspecified atom stereocenters. The highest BCUT2D eigenvalue weighted by atomic mass is 16.3. The summed E-state index contributed by atoms with van der Waals surface area (Å²) >= 11 is 0. The molecule has 2 heteroatoms. The molecule has 0 bridgehead atoms. The molecule has 0 aliphatic heterocycles. The average Bonchev–Trinajstić information content (AvgIpc) is 2.19. The Morgan fingerprint density at radius 2 is 1.92 bits per heavy atom. The second kappa shape index (κ2) is 5.73. The Labute approximate surface area is 79.4 Å². The van der Waals surface area contributed by atoms with Crippen LogP contribution in [0.15, 0.2) is 30.3 Å². The molecule has 0 saturated carbocycles. The van der Waals surface area contributed by atoms with E-state index in [0.717, 1.165) is 12.8 Å². The lowest BCUT2D eigenvalue weighted by Gasteiger charge is -2.12. The Morgan fingerprint density at radius 1 is 1.23 bits per heavy atom. The lowest BCUT2D eigenvalue weighted by Crippen LogP contribution is -2.18. The molecular formula is C11H17NO. The number of aliphatic hydroxyl groups is 1. The van der Waals surface area contributed by atoms with Crippen LogP contribution in [-0.4, -0.2) is 18.3 Å². The van der Waals surface area contributed by atoms with Gasteiger partial charge in [-0.3, -0.25) is 0 Å². The van der Waals surface area contributed by atoms with Gasteiger partial charge in [0, 0.05) is 6.61 Å². The van der Waals surface area contributed by atoms with Crippen molar-refractivity contribution in [1.29, 1.82) is 0 Å². The van der Waals surface area contributed by atoms with Crippen molar-refractivity contribution in [3.05, 3.63) is 35.9 Å². The minimum Gasteiger partial charge on any atom is -0.396 e. The van der Waals surface area contributed by atoms with Gasteiger partial charge in [-0.1, -0.05) is 30.3 Å². The van der Waals surface area contributed by atoms with E-state index in [9.17, 15) is 0 Å². The number of benzene rings is 1. The topological polar surface area (TPSA) is 46.2 Å². The van der Waals surface area contributed by atoms with Crippen LogP contribution in [0.4, 0.5) is 0 Å². The first-order valence-electron chi connectivity index (χ1n) is 4.71. The summed E-state index contributed by atoms with van der Waals surface area (Å²) < 4.78 is 0. The van der Waals surface area contributed by atoms with Gasteiger partial charge in [0.1, 0.15) is 0 Å². The van der Waals surface area contributed by atoms with Crippen LogP contribution < -0.4 is 5.73 Å². The first kappa shape index (κ1) is 10.2. The van der Waals surface area contributed by atoms with Gasteiger partial charge in [0.2, 0.25) is 0 Å². The van der Waals surface area contributed by atoms with Crippen LogP contribution in [-0.2, 0) is 6.42 Å². The Morgan fingerprint density at radius 3 is 2.46 bits per heavy atom. The van der Waals surface area contributed by atoms with E-state index in [0.29, 0.717) is 12.5 Å². The fraction of sp³-hybridized carbons (Fsp3) is 0.455. The summed E-state index contributed by atoms with van der Waals surface area (Å²) in [6, 6.07) is 10.3. The van der Waals surface area contributed by atoms with E-state index in [1.165, 1.54) is 5.56 Å². The van der Waals surface area contributed by atoms with Crippen molar-refractivity contribution in [3.63, 3.8) is 0 Å². The van der Waals surface area contributed by atoms with Crippen LogP contribution in [0.25, 0.3) is 0 Å². The number of hydrogen-bond acceptors (Lipinski definition) is 2. The normalized spacial score (nSPS) is 12.8. The molecule has 1 atom stereocenters. The molecule has 3 N–H and O–H groups in total. The minimum atomic E-state index is 0.231. The lowest BCUT2D eigenvalue weighted by molar-refractivity contribution is 0.258. The fourth-order valence-corrected chi connectivity index (χ4v) is 1.43. The quantitative estimate of drug-likeness (QED) is 0.713. The number of aliphatic hydroxyl groups excluding tert-OH is 1. The molecule has 0 heterocycles. The Kier molecular flexibility index (Phi) is 4.50. The number of hydrogen-bond donors (Lipinski definition) is 2. The van der Waals surface area contributed by atoms with Crippen LogP contribution >= 0.6 is 0 Å². The monoisotopic (exact) mass is 179 g/mol. The van der Waals surface area contributed by atoms with Crippen molar-refractivity contribution in [2.75, 3.05) is 13.2 Å². The average molecular weight is 179 g/mol. The van der Waals surface area contributed by atoms with Crippen molar-refractivity contribution < 1.29 is 5.11 Å². The molecule has 0 aliphatic rings. The number of rotatable bonds is 5. The maximum Gasteiger partial charge on any atom is 0.0434 e. The third kappa shape index (κ3) is 3.57. The minimum absolute atomic E-state index is 0.231. The largest absolute Gasteiger partial charge is 0.396 e. The van der Waals surface area contributed by atoms with Crippen molar-refractivity contribution in [1.82, 2.24) is 0 Å². The van der Waals surface area contributed by atoms with Crippen molar-refractivity contribution in [2.45, 2.75) is 12.8 Å². The Balaban J connectivity index is 2.46. The highest BCUT2D eigenvalue weighted by Crippen LogP contribution is 2.10. The van der Waals surface area contributed by atoms with Gasteiger partial charge in [0.25, 0.3) is 0 Å². The molecule has 0 aromatic heterocycles. The Bertz CT molecular complexity index is 223. The highest BCUT2D eigenvalue weighted by Gasteiger charge is 2.06. The molecule has 1 aromatic carbocycles. The smallest absolute Gasteiger partial charge is 0.0434 e. The summed E-state index contributed by atoms with van der Waals surface area (Å²) in [5.74, 6) is 0.410. The summed E-state index contributed by atoms with van der Waals surface area (Å²) in [7, 11) is 0. The van der Waals surface area contributed by atoms with E-state index in [1.54, 1.807) is 0 Å². The summed E-state index contributed by atoms with van der Waals surface area (Å²) in [5.41, 5.74) is 6.89. The molecule has 1 aromatic rings. The first-order chi connectivity index (χ1) is 6.36.